The first-order valence-electron chi connectivity index (χ1n) is 10.0. The second-order valence-electron chi connectivity index (χ2n) is 7.98. The summed E-state index contributed by atoms with van der Waals surface area (Å²) in [6, 6.07) is 11.4. The zero-order chi connectivity index (χ0) is 19.7. The smallest absolute Gasteiger partial charge is 0.267 e. The van der Waals surface area contributed by atoms with Crippen LogP contribution in [0.3, 0.4) is 0 Å². The van der Waals surface area contributed by atoms with Crippen LogP contribution in [0.25, 0.3) is 0 Å². The molecule has 1 heterocycles. The number of aryl methyl sites for hydroxylation is 1. The van der Waals surface area contributed by atoms with Gasteiger partial charge in [-0.2, -0.15) is 5.10 Å². The summed E-state index contributed by atoms with van der Waals surface area (Å²) in [5, 5.41) is 7.39. The highest BCUT2D eigenvalue weighted by atomic mass is 16.5. The summed E-state index contributed by atoms with van der Waals surface area (Å²) in [7, 11) is 1.67. The number of hydrogen-bond acceptors (Lipinski definition) is 4. The van der Waals surface area contributed by atoms with E-state index in [1.807, 2.05) is 19.1 Å². The Morgan fingerprint density at radius 3 is 2.57 bits per heavy atom. The number of nitrogens with one attached hydrogen (secondary N) is 1. The second-order valence-corrected chi connectivity index (χ2v) is 7.98. The van der Waals surface area contributed by atoms with Crippen molar-refractivity contribution in [2.45, 2.75) is 51.1 Å². The van der Waals surface area contributed by atoms with Gasteiger partial charge in [0.25, 0.3) is 5.56 Å². The summed E-state index contributed by atoms with van der Waals surface area (Å²) in [6.45, 7) is 1.77. The zero-order valence-corrected chi connectivity index (χ0v) is 16.4. The van der Waals surface area contributed by atoms with Gasteiger partial charge >= 0.3 is 0 Å². The fourth-order valence-electron chi connectivity index (χ4n) is 4.98. The molecule has 4 atom stereocenters. The molecule has 1 aromatic carbocycles. The number of benzene rings is 1. The molecule has 2 aromatic rings. The Labute approximate surface area is 164 Å². The molecule has 6 heteroatoms. The van der Waals surface area contributed by atoms with Crippen molar-refractivity contribution in [1.82, 2.24) is 15.1 Å². The predicted molar refractivity (Wildman–Crippen MR) is 106 cm³/mol. The molecule has 2 aliphatic rings. The fourth-order valence-corrected chi connectivity index (χ4v) is 4.98. The third-order valence-corrected chi connectivity index (χ3v) is 6.31. The van der Waals surface area contributed by atoms with Crippen LogP contribution >= 0.6 is 0 Å². The minimum absolute atomic E-state index is 0.0380. The van der Waals surface area contributed by atoms with Crippen molar-refractivity contribution in [1.29, 1.82) is 0 Å². The number of aromatic nitrogens is 2. The number of nitrogens with zero attached hydrogens (tertiary/aromatic N) is 2. The van der Waals surface area contributed by atoms with E-state index in [4.69, 9.17) is 4.74 Å². The van der Waals surface area contributed by atoms with Crippen molar-refractivity contribution in [3.63, 3.8) is 0 Å². The van der Waals surface area contributed by atoms with Crippen LogP contribution in [0.15, 0.2) is 41.2 Å². The molecule has 148 valence electrons. The molecule has 28 heavy (non-hydrogen) atoms. The Morgan fingerprint density at radius 1 is 1.14 bits per heavy atom. The van der Waals surface area contributed by atoms with Gasteiger partial charge in [-0.25, -0.2) is 4.68 Å². The number of methoxy groups -OCH3 is 1. The van der Waals surface area contributed by atoms with Gasteiger partial charge in [0.2, 0.25) is 5.91 Å². The second kappa shape index (κ2) is 7.78. The van der Waals surface area contributed by atoms with E-state index in [-0.39, 0.29) is 24.1 Å². The van der Waals surface area contributed by atoms with Gasteiger partial charge in [-0.3, -0.25) is 9.59 Å². The Bertz CT molecular complexity index is 906. The number of hydrogen-bond donors (Lipinski definition) is 1. The molecular formula is C22H27N3O3. The van der Waals surface area contributed by atoms with Crippen molar-refractivity contribution in [2.24, 2.45) is 11.8 Å². The number of carbonyl (C=O) groups excluding carboxylic acids is 1. The molecule has 1 N–H and O–H groups in total. The summed E-state index contributed by atoms with van der Waals surface area (Å²) in [5.74, 6) is 2.16. The van der Waals surface area contributed by atoms with Crippen molar-refractivity contribution < 1.29 is 9.53 Å². The number of carbonyl (C=O) groups is 1. The third-order valence-electron chi connectivity index (χ3n) is 6.31. The molecule has 6 nitrogen and oxygen atoms in total. The van der Waals surface area contributed by atoms with Crippen LogP contribution in [0.1, 0.15) is 42.9 Å². The number of amides is 1. The maximum absolute atomic E-state index is 12.7. The van der Waals surface area contributed by atoms with Crippen LogP contribution in [0, 0.1) is 18.8 Å². The lowest BCUT2D eigenvalue weighted by Crippen LogP contribution is -2.59. The van der Waals surface area contributed by atoms with E-state index in [1.165, 1.54) is 35.6 Å². The molecule has 0 bridgehead atoms. The molecule has 1 aromatic heterocycles. The minimum atomic E-state index is -0.253. The summed E-state index contributed by atoms with van der Waals surface area (Å²) in [6.07, 6.45) is 4.86. The van der Waals surface area contributed by atoms with Crippen LogP contribution in [0.5, 0.6) is 5.75 Å². The average molecular weight is 381 g/mol. The molecule has 2 aliphatic carbocycles. The molecule has 0 radical (unpaired) electrons. The van der Waals surface area contributed by atoms with E-state index in [1.54, 1.807) is 13.2 Å². The molecule has 2 fully saturated rings. The highest BCUT2D eigenvalue weighted by Gasteiger charge is 2.51. The zero-order valence-electron chi connectivity index (χ0n) is 16.4. The van der Waals surface area contributed by atoms with E-state index in [9.17, 15) is 9.59 Å². The minimum Gasteiger partial charge on any atom is -0.497 e. The topological polar surface area (TPSA) is 73.2 Å². The Hall–Kier alpha value is -2.63. The Kier molecular flexibility index (Phi) is 5.20. The van der Waals surface area contributed by atoms with Gasteiger partial charge in [-0.05, 0) is 55.4 Å². The van der Waals surface area contributed by atoms with Gasteiger partial charge in [-0.15, -0.1) is 0 Å². The number of ether oxygens (including phenoxy) is 1. The van der Waals surface area contributed by atoms with Crippen LogP contribution in [0.2, 0.25) is 0 Å². The van der Waals surface area contributed by atoms with Gasteiger partial charge in [0.1, 0.15) is 12.3 Å². The lowest BCUT2D eigenvalue weighted by molar-refractivity contribution is -0.125. The lowest BCUT2D eigenvalue weighted by atomic mass is 9.53. The largest absolute Gasteiger partial charge is 0.497 e. The molecule has 0 saturated heterocycles. The Balaban J connectivity index is 1.51. The van der Waals surface area contributed by atoms with Crippen LogP contribution in [-0.2, 0) is 11.3 Å². The monoisotopic (exact) mass is 381 g/mol. The molecule has 1 amide bonds. The molecule has 2 saturated carbocycles. The van der Waals surface area contributed by atoms with E-state index >= 15 is 0 Å². The van der Waals surface area contributed by atoms with E-state index in [0.717, 1.165) is 17.9 Å². The summed E-state index contributed by atoms with van der Waals surface area (Å²) in [4.78, 5) is 24.7. The van der Waals surface area contributed by atoms with Gasteiger partial charge in [0, 0.05) is 18.0 Å². The first-order chi connectivity index (χ1) is 13.6. The average Bonchev–Trinajstić information content (AvgIpc) is 2.70. The van der Waals surface area contributed by atoms with E-state index < -0.39 is 0 Å². The Morgan fingerprint density at radius 2 is 1.86 bits per heavy atom. The highest BCUT2D eigenvalue weighted by molar-refractivity contribution is 5.76. The van der Waals surface area contributed by atoms with Crippen molar-refractivity contribution in [3.05, 3.63) is 58.0 Å². The number of rotatable bonds is 5. The van der Waals surface area contributed by atoms with Gasteiger partial charge in [0.05, 0.1) is 12.8 Å². The van der Waals surface area contributed by atoms with Gasteiger partial charge < -0.3 is 10.1 Å². The number of fused-ring (bicyclic) bond motifs is 1. The predicted octanol–water partition coefficient (Wildman–Crippen LogP) is 2.65. The van der Waals surface area contributed by atoms with E-state index in [2.05, 4.69) is 22.5 Å². The quantitative estimate of drug-likeness (QED) is 0.864. The standard InChI is InChI=1S/C22H27N3O3/c1-14-7-12-20(27)25(24-14)13-19(26)23-22-18-6-4-3-5-17(18)21(22)15-8-10-16(28-2)11-9-15/h7-12,17-18,21-22H,3-6,13H2,1-2H3,(H,23,26)/t17-,18-,21+,22+/m1/s1. The maximum Gasteiger partial charge on any atom is 0.267 e. The lowest BCUT2D eigenvalue weighted by Gasteiger charge is -2.55. The highest BCUT2D eigenvalue weighted by Crippen LogP contribution is 2.54. The van der Waals surface area contributed by atoms with Gasteiger partial charge in [0.15, 0.2) is 0 Å². The molecule has 0 aliphatic heterocycles. The maximum atomic E-state index is 12.7. The molecule has 4 rings (SSSR count). The molecule has 0 unspecified atom stereocenters. The summed E-state index contributed by atoms with van der Waals surface area (Å²) < 4.78 is 6.52. The van der Waals surface area contributed by atoms with Crippen LogP contribution in [-0.4, -0.2) is 28.8 Å². The van der Waals surface area contributed by atoms with Crippen molar-refractivity contribution >= 4 is 5.91 Å². The van der Waals surface area contributed by atoms with Crippen molar-refractivity contribution in [2.75, 3.05) is 7.11 Å². The molecular weight excluding hydrogens is 354 g/mol. The summed E-state index contributed by atoms with van der Waals surface area (Å²) >= 11 is 0. The van der Waals surface area contributed by atoms with E-state index in [0.29, 0.717) is 17.8 Å². The first kappa shape index (κ1) is 18.7. The molecule has 0 spiro atoms. The van der Waals surface area contributed by atoms with Crippen LogP contribution in [0.4, 0.5) is 0 Å². The fraction of sp³-hybridized carbons (Fsp3) is 0.500. The van der Waals surface area contributed by atoms with Crippen molar-refractivity contribution in [3.8, 4) is 5.75 Å². The summed E-state index contributed by atoms with van der Waals surface area (Å²) in [5.41, 5.74) is 1.72. The first-order valence-corrected chi connectivity index (χ1v) is 10.0. The van der Waals surface area contributed by atoms with Gasteiger partial charge in [-0.1, -0.05) is 25.0 Å². The third kappa shape index (κ3) is 3.55. The van der Waals surface area contributed by atoms with Crippen LogP contribution < -0.4 is 15.6 Å². The SMILES string of the molecule is COc1ccc([C@H]2[C@@H]3CCCC[C@H]3[C@@H]2NC(=O)Cn2nc(C)ccc2=O)cc1. The normalized spacial score (nSPS) is 26.1.